The lowest BCUT2D eigenvalue weighted by Crippen LogP contribution is -2.61. The molecule has 4 rings (SSSR count). The zero-order valence-corrected chi connectivity index (χ0v) is 16.0. The summed E-state index contributed by atoms with van der Waals surface area (Å²) < 4.78 is 5.18. The highest BCUT2D eigenvalue weighted by atomic mass is 16.5. The van der Waals surface area contributed by atoms with Crippen LogP contribution in [0.3, 0.4) is 0 Å². The van der Waals surface area contributed by atoms with E-state index in [1.54, 1.807) is 0 Å². The fourth-order valence-corrected chi connectivity index (χ4v) is 4.55. The van der Waals surface area contributed by atoms with Gasteiger partial charge in [-0.2, -0.15) is 0 Å². The van der Waals surface area contributed by atoms with Gasteiger partial charge in [0.2, 0.25) is 5.78 Å². The predicted octanol–water partition coefficient (Wildman–Crippen LogP) is 1.04. The van der Waals surface area contributed by atoms with E-state index in [1.807, 2.05) is 0 Å². The first-order valence-corrected chi connectivity index (χ1v) is 9.03. The SMILES string of the molecule is CO[C@@H]1C(=O)C(C(C)=O)=C(O)[C@@]2(O)C(=O)c3c(cc4cc(O)cc(O)c4c3O)CC12. The number of phenols is 3. The number of ether oxygens (including phenoxy) is 1. The molecule has 30 heavy (non-hydrogen) atoms. The van der Waals surface area contributed by atoms with Crippen molar-refractivity contribution in [3.63, 3.8) is 0 Å². The van der Waals surface area contributed by atoms with E-state index >= 15 is 0 Å². The monoisotopic (exact) mass is 414 g/mol. The van der Waals surface area contributed by atoms with Crippen LogP contribution in [0.4, 0.5) is 0 Å². The number of aliphatic hydroxyl groups excluding tert-OH is 1. The average Bonchev–Trinajstić information content (AvgIpc) is 2.64. The lowest BCUT2D eigenvalue weighted by Gasteiger charge is -2.45. The van der Waals surface area contributed by atoms with Crippen LogP contribution in [0.25, 0.3) is 10.8 Å². The highest BCUT2D eigenvalue weighted by Gasteiger charge is 2.61. The topological polar surface area (TPSA) is 162 Å². The Hall–Kier alpha value is -3.43. The van der Waals surface area contributed by atoms with Crippen molar-refractivity contribution in [2.24, 2.45) is 5.92 Å². The van der Waals surface area contributed by atoms with Gasteiger partial charge in [0.1, 0.15) is 34.7 Å². The number of fused-ring (bicyclic) bond motifs is 3. The number of Topliss-reactive ketones (excluding diaryl/α,β-unsaturated/α-hetero) is 3. The van der Waals surface area contributed by atoms with Gasteiger partial charge in [-0.15, -0.1) is 0 Å². The van der Waals surface area contributed by atoms with Crippen molar-refractivity contribution in [3.05, 3.63) is 40.7 Å². The lowest BCUT2D eigenvalue weighted by atomic mass is 9.62. The third kappa shape index (κ3) is 2.33. The van der Waals surface area contributed by atoms with Gasteiger partial charge in [-0.3, -0.25) is 14.4 Å². The van der Waals surface area contributed by atoms with Crippen LogP contribution in [0.5, 0.6) is 17.2 Å². The van der Waals surface area contributed by atoms with Crippen LogP contribution in [0, 0.1) is 5.92 Å². The number of methoxy groups -OCH3 is 1. The van der Waals surface area contributed by atoms with Crippen LogP contribution in [0.1, 0.15) is 22.8 Å². The number of hydrogen-bond acceptors (Lipinski definition) is 9. The van der Waals surface area contributed by atoms with Crippen molar-refractivity contribution in [3.8, 4) is 17.2 Å². The minimum absolute atomic E-state index is 0.132. The summed E-state index contributed by atoms with van der Waals surface area (Å²) in [6.45, 7) is 1.01. The Balaban J connectivity index is 2.06. The summed E-state index contributed by atoms with van der Waals surface area (Å²) in [5.74, 6) is -6.59. The highest BCUT2D eigenvalue weighted by molar-refractivity contribution is 6.25. The second-order valence-corrected chi connectivity index (χ2v) is 7.53. The number of hydrogen-bond donors (Lipinski definition) is 5. The molecular weight excluding hydrogens is 396 g/mol. The Labute approximate surface area is 169 Å². The van der Waals surface area contributed by atoms with Crippen LogP contribution in [-0.4, -0.2) is 61.7 Å². The van der Waals surface area contributed by atoms with Crippen molar-refractivity contribution >= 4 is 28.1 Å². The van der Waals surface area contributed by atoms with Crippen LogP contribution in [0.15, 0.2) is 29.5 Å². The molecule has 0 bridgehead atoms. The van der Waals surface area contributed by atoms with Gasteiger partial charge in [-0.05, 0) is 36.4 Å². The molecule has 2 aliphatic rings. The van der Waals surface area contributed by atoms with E-state index in [1.165, 1.54) is 19.2 Å². The standard InChI is InChI=1S/C21H18O9/c1-7(22)13-17(26)18(30-2)11-5-9-3-8-4-10(23)6-12(24)14(8)16(25)15(9)20(28)21(11,29)19(13)27/h3-4,6,11,18,23-25,27,29H,5H2,1-2H3/t11?,18-,21+/m0/s1. The number of carbonyl (C=O) groups excluding carboxylic acids is 3. The first-order chi connectivity index (χ1) is 14.0. The summed E-state index contributed by atoms with van der Waals surface area (Å²) in [4.78, 5) is 38.0. The van der Waals surface area contributed by atoms with E-state index in [-0.39, 0.29) is 34.1 Å². The molecule has 0 amide bonds. The summed E-state index contributed by atoms with van der Waals surface area (Å²) in [7, 11) is 1.18. The van der Waals surface area contributed by atoms with E-state index < -0.39 is 57.8 Å². The molecule has 156 valence electrons. The molecule has 9 nitrogen and oxygen atoms in total. The number of phenolic OH excluding ortho intramolecular Hbond substituents is 3. The zero-order chi connectivity index (χ0) is 22.1. The van der Waals surface area contributed by atoms with E-state index in [9.17, 15) is 39.9 Å². The van der Waals surface area contributed by atoms with Gasteiger partial charge in [0.25, 0.3) is 0 Å². The minimum Gasteiger partial charge on any atom is -0.508 e. The second kappa shape index (κ2) is 6.28. The number of ketones is 3. The summed E-state index contributed by atoms with van der Waals surface area (Å²) in [5.41, 5.74) is -3.55. The summed E-state index contributed by atoms with van der Waals surface area (Å²) in [5, 5.41) is 52.6. The first kappa shape index (κ1) is 19.9. The Morgan fingerprint density at radius 1 is 1.13 bits per heavy atom. The Morgan fingerprint density at radius 2 is 1.80 bits per heavy atom. The normalized spacial score (nSPS) is 26.0. The quantitative estimate of drug-likeness (QED) is 0.452. The maximum atomic E-state index is 13.3. The Morgan fingerprint density at radius 3 is 2.40 bits per heavy atom. The molecular formula is C21H18O9. The van der Waals surface area contributed by atoms with Crippen LogP contribution >= 0.6 is 0 Å². The molecule has 1 unspecified atom stereocenters. The molecule has 2 aromatic rings. The van der Waals surface area contributed by atoms with Crippen LogP contribution in [0.2, 0.25) is 0 Å². The number of aliphatic hydroxyl groups is 2. The van der Waals surface area contributed by atoms with Crippen LogP contribution in [-0.2, 0) is 20.7 Å². The third-order valence-corrected chi connectivity index (χ3v) is 5.88. The summed E-state index contributed by atoms with van der Waals surface area (Å²) in [6.07, 6.45) is -1.56. The van der Waals surface area contributed by atoms with Gasteiger partial charge in [0, 0.05) is 19.1 Å². The molecule has 2 aliphatic carbocycles. The van der Waals surface area contributed by atoms with Crippen molar-refractivity contribution < 1.29 is 44.7 Å². The second-order valence-electron chi connectivity index (χ2n) is 7.53. The predicted molar refractivity (Wildman–Crippen MR) is 102 cm³/mol. The van der Waals surface area contributed by atoms with Crippen molar-refractivity contribution in [2.75, 3.05) is 7.11 Å². The smallest absolute Gasteiger partial charge is 0.206 e. The molecule has 3 atom stereocenters. The zero-order valence-electron chi connectivity index (χ0n) is 16.0. The third-order valence-electron chi connectivity index (χ3n) is 5.88. The largest absolute Gasteiger partial charge is 0.508 e. The van der Waals surface area contributed by atoms with Gasteiger partial charge in [0.15, 0.2) is 17.2 Å². The average molecular weight is 414 g/mol. The Bertz CT molecular complexity index is 1190. The molecule has 0 radical (unpaired) electrons. The first-order valence-electron chi connectivity index (χ1n) is 9.03. The summed E-state index contributed by atoms with van der Waals surface area (Å²) in [6, 6.07) is 3.68. The molecule has 0 saturated carbocycles. The van der Waals surface area contributed by atoms with E-state index in [4.69, 9.17) is 4.74 Å². The highest BCUT2D eigenvalue weighted by Crippen LogP contribution is 2.49. The summed E-state index contributed by atoms with van der Waals surface area (Å²) >= 11 is 0. The molecule has 9 heteroatoms. The fraction of sp³-hybridized carbons (Fsp3) is 0.286. The van der Waals surface area contributed by atoms with Gasteiger partial charge in [-0.1, -0.05) is 0 Å². The van der Waals surface area contributed by atoms with Gasteiger partial charge in [0.05, 0.1) is 10.9 Å². The molecule has 2 aromatic carbocycles. The van der Waals surface area contributed by atoms with Crippen molar-refractivity contribution in [1.82, 2.24) is 0 Å². The molecule has 0 spiro atoms. The van der Waals surface area contributed by atoms with Crippen molar-refractivity contribution in [2.45, 2.75) is 25.0 Å². The van der Waals surface area contributed by atoms with Gasteiger partial charge in [-0.25, -0.2) is 0 Å². The van der Waals surface area contributed by atoms with Gasteiger partial charge >= 0.3 is 0 Å². The van der Waals surface area contributed by atoms with Gasteiger partial charge < -0.3 is 30.3 Å². The lowest BCUT2D eigenvalue weighted by molar-refractivity contribution is -0.141. The molecule has 0 saturated heterocycles. The number of rotatable bonds is 2. The Kier molecular flexibility index (Phi) is 4.16. The van der Waals surface area contributed by atoms with E-state index in [2.05, 4.69) is 0 Å². The molecule has 5 N–H and O–H groups in total. The maximum Gasteiger partial charge on any atom is 0.206 e. The minimum atomic E-state index is -2.68. The van der Waals surface area contributed by atoms with E-state index in [0.29, 0.717) is 0 Å². The van der Waals surface area contributed by atoms with Crippen LogP contribution < -0.4 is 0 Å². The van der Waals surface area contributed by atoms with E-state index in [0.717, 1.165) is 13.0 Å². The number of carbonyl (C=O) groups is 3. The fourth-order valence-electron chi connectivity index (χ4n) is 4.55. The molecule has 0 heterocycles. The molecule has 0 fully saturated rings. The van der Waals surface area contributed by atoms with Crippen molar-refractivity contribution in [1.29, 1.82) is 0 Å². The molecule has 0 aliphatic heterocycles. The number of benzene rings is 2. The maximum absolute atomic E-state index is 13.3. The number of aromatic hydroxyl groups is 3. The molecule has 0 aromatic heterocycles.